The summed E-state index contributed by atoms with van der Waals surface area (Å²) in [7, 11) is 0. The minimum atomic E-state index is -4.98. The van der Waals surface area contributed by atoms with Crippen LogP contribution in [0.5, 0.6) is 5.75 Å². The second kappa shape index (κ2) is 10.4. The van der Waals surface area contributed by atoms with E-state index in [0.29, 0.717) is 23.0 Å². The highest BCUT2D eigenvalue weighted by Crippen LogP contribution is 2.39. The van der Waals surface area contributed by atoms with Gasteiger partial charge < -0.3 is 20.7 Å². The molecule has 1 aliphatic rings. The molecule has 0 saturated heterocycles. The maximum absolute atomic E-state index is 15.6. The van der Waals surface area contributed by atoms with Crippen molar-refractivity contribution in [3.63, 3.8) is 0 Å². The Hall–Kier alpha value is -4.68. The average Bonchev–Trinajstić information content (AvgIpc) is 3.22. The van der Waals surface area contributed by atoms with Gasteiger partial charge in [-0.15, -0.1) is 13.2 Å². The smallest absolute Gasteiger partial charge is 0.406 e. The van der Waals surface area contributed by atoms with E-state index in [1.165, 1.54) is 10.7 Å². The van der Waals surface area contributed by atoms with Crippen molar-refractivity contribution in [3.05, 3.63) is 88.4 Å². The van der Waals surface area contributed by atoms with Crippen LogP contribution in [0.1, 0.15) is 22.4 Å². The van der Waals surface area contributed by atoms with Crippen molar-refractivity contribution < 1.29 is 35.9 Å². The van der Waals surface area contributed by atoms with Crippen molar-refractivity contribution in [3.8, 4) is 22.7 Å². The Morgan fingerprint density at radius 2 is 1.71 bits per heavy atom. The number of aromatic nitrogens is 2. The van der Waals surface area contributed by atoms with Crippen LogP contribution in [0.4, 0.5) is 42.5 Å². The third-order valence-corrected chi connectivity index (χ3v) is 6.75. The number of hydrogen-bond donors (Lipinski definition) is 2. The first kappa shape index (κ1) is 27.9. The van der Waals surface area contributed by atoms with E-state index in [1.54, 1.807) is 4.90 Å². The van der Waals surface area contributed by atoms with E-state index < -0.39 is 41.3 Å². The fourth-order valence-corrected chi connectivity index (χ4v) is 5.06. The molecule has 41 heavy (non-hydrogen) atoms. The fraction of sp³-hybridized carbons (Fsp3) is 0.214. The maximum Gasteiger partial charge on any atom is 0.573 e. The molecule has 0 saturated carbocycles. The van der Waals surface area contributed by atoms with Crippen LogP contribution in [-0.2, 0) is 13.0 Å². The molecule has 0 unspecified atom stereocenters. The van der Waals surface area contributed by atoms with Crippen molar-refractivity contribution in [1.82, 2.24) is 9.78 Å². The molecule has 0 fully saturated rings. The van der Waals surface area contributed by atoms with Crippen LogP contribution in [0.25, 0.3) is 16.9 Å². The second-order valence-electron chi connectivity index (χ2n) is 9.56. The molecule has 4 aromatic rings. The average molecular weight is 576 g/mol. The fourth-order valence-electron chi connectivity index (χ4n) is 5.06. The van der Waals surface area contributed by atoms with Crippen molar-refractivity contribution in [1.29, 1.82) is 0 Å². The van der Waals surface area contributed by atoms with Gasteiger partial charge in [0.2, 0.25) is 0 Å². The Kier molecular flexibility index (Phi) is 7.05. The summed E-state index contributed by atoms with van der Waals surface area (Å²) >= 11 is 0. The molecular formula is C28H23F6N5O2. The Balaban J connectivity index is 1.64. The number of para-hydroxylation sites is 1. The zero-order valence-corrected chi connectivity index (χ0v) is 21.7. The number of carbonyl (C=O) groups excluding carboxylic acids is 1. The van der Waals surface area contributed by atoms with Gasteiger partial charge in [0.25, 0.3) is 0 Å². The van der Waals surface area contributed by atoms with Gasteiger partial charge in [0, 0.05) is 42.8 Å². The first-order valence-electron chi connectivity index (χ1n) is 12.4. The topological polar surface area (TPSA) is 85.4 Å². The van der Waals surface area contributed by atoms with Crippen molar-refractivity contribution in [2.75, 3.05) is 16.8 Å². The monoisotopic (exact) mass is 575 g/mol. The zero-order chi connectivity index (χ0) is 29.6. The van der Waals surface area contributed by atoms with Gasteiger partial charge in [-0.3, -0.25) is 0 Å². The summed E-state index contributed by atoms with van der Waals surface area (Å²) < 4.78 is 88.7. The van der Waals surface area contributed by atoms with Crippen LogP contribution in [0.15, 0.2) is 48.5 Å². The summed E-state index contributed by atoms with van der Waals surface area (Å²) in [6.45, 7) is 3.94. The number of alkyl halides is 3. The summed E-state index contributed by atoms with van der Waals surface area (Å²) in [5.41, 5.74) is 7.97. The van der Waals surface area contributed by atoms with Crippen LogP contribution in [0.2, 0.25) is 0 Å². The Labute approximate surface area is 230 Å². The number of carbonyl (C=O) groups is 1. The van der Waals surface area contributed by atoms with Gasteiger partial charge in [-0.25, -0.2) is 22.6 Å². The number of amides is 2. The number of fused-ring (bicyclic) bond motifs is 1. The van der Waals surface area contributed by atoms with Gasteiger partial charge in [-0.1, -0.05) is 18.2 Å². The van der Waals surface area contributed by atoms with E-state index in [2.05, 4.69) is 4.74 Å². The number of hydrogen-bond acceptors (Lipinski definition) is 4. The molecule has 214 valence electrons. The molecule has 1 aromatic heterocycles. The Bertz CT molecular complexity index is 1650. The lowest BCUT2D eigenvalue weighted by molar-refractivity contribution is -0.274. The van der Waals surface area contributed by atoms with Crippen LogP contribution in [-0.4, -0.2) is 28.7 Å². The number of halogens is 6. The second-order valence-corrected chi connectivity index (χ2v) is 9.56. The number of primary amides is 1. The lowest BCUT2D eigenvalue weighted by Gasteiger charge is -2.29. The molecule has 3 N–H and O–H groups in total. The van der Waals surface area contributed by atoms with E-state index >= 15 is 8.78 Å². The predicted molar refractivity (Wildman–Crippen MR) is 139 cm³/mol. The van der Waals surface area contributed by atoms with Crippen LogP contribution in [0, 0.1) is 31.3 Å². The number of nitrogens with one attached hydrogen (secondary N) is 1. The van der Waals surface area contributed by atoms with Crippen molar-refractivity contribution in [2.24, 2.45) is 5.73 Å². The molecule has 1 aliphatic heterocycles. The molecule has 3 aromatic carbocycles. The molecule has 7 nitrogen and oxygen atoms in total. The van der Waals surface area contributed by atoms with Gasteiger partial charge in [0.1, 0.15) is 23.2 Å². The number of urea groups is 1. The highest BCUT2D eigenvalue weighted by molar-refractivity contribution is 5.88. The largest absolute Gasteiger partial charge is 0.573 e. The quantitative estimate of drug-likeness (QED) is 0.265. The third-order valence-electron chi connectivity index (χ3n) is 6.75. The Morgan fingerprint density at radius 1 is 1.00 bits per heavy atom. The maximum atomic E-state index is 15.6. The van der Waals surface area contributed by atoms with Crippen LogP contribution < -0.4 is 20.7 Å². The number of rotatable bonds is 5. The predicted octanol–water partition coefficient (Wildman–Crippen LogP) is 6.53. The lowest BCUT2D eigenvalue weighted by Crippen LogP contribution is -2.31. The minimum absolute atomic E-state index is 0.00334. The molecule has 0 atom stereocenters. The van der Waals surface area contributed by atoms with Crippen LogP contribution in [0.3, 0.4) is 0 Å². The lowest BCUT2D eigenvalue weighted by atomic mass is 9.98. The van der Waals surface area contributed by atoms with E-state index in [9.17, 15) is 22.4 Å². The first-order chi connectivity index (χ1) is 19.3. The summed E-state index contributed by atoms with van der Waals surface area (Å²) in [6, 6.07) is 9.00. The number of aryl methyl sites for hydroxylation is 2. The van der Waals surface area contributed by atoms with Crippen molar-refractivity contribution in [2.45, 2.75) is 33.2 Å². The molecule has 5 rings (SSSR count). The molecule has 0 radical (unpaired) electrons. The highest BCUT2D eigenvalue weighted by atomic mass is 19.4. The molecule has 0 spiro atoms. The molecule has 0 bridgehead atoms. The number of benzene rings is 3. The standard InChI is InChI=1S/C28H23F6N5O2/c1-14-4-3-5-15(2)25(14)39-26(17-11-20(30)23(12-19(17)29)36-27(35)40)18-13-38(9-8-22(18)37-39)24-7-6-16(10-21(24)31)41-28(32,33)34/h3-7,10-12H,8-9,13H2,1-2H3,(H3,35,36,40). The van der Waals surface area contributed by atoms with Gasteiger partial charge in [-0.05, 0) is 43.2 Å². The van der Waals surface area contributed by atoms with Crippen LogP contribution >= 0.6 is 0 Å². The minimum Gasteiger partial charge on any atom is -0.406 e. The highest BCUT2D eigenvalue weighted by Gasteiger charge is 2.33. The summed E-state index contributed by atoms with van der Waals surface area (Å²) in [4.78, 5) is 12.8. The van der Waals surface area contributed by atoms with Gasteiger partial charge in [0.15, 0.2) is 0 Å². The van der Waals surface area contributed by atoms with Gasteiger partial charge >= 0.3 is 12.4 Å². The van der Waals surface area contributed by atoms with Gasteiger partial charge in [-0.2, -0.15) is 5.10 Å². The molecule has 13 heteroatoms. The Morgan fingerprint density at radius 3 is 2.34 bits per heavy atom. The zero-order valence-electron chi connectivity index (χ0n) is 21.7. The number of nitrogens with zero attached hydrogens (tertiary/aromatic N) is 3. The van der Waals surface area contributed by atoms with E-state index in [4.69, 9.17) is 10.8 Å². The van der Waals surface area contributed by atoms with E-state index in [-0.39, 0.29) is 36.5 Å². The summed E-state index contributed by atoms with van der Waals surface area (Å²) in [6.07, 6.45) is -4.70. The SMILES string of the molecule is Cc1cccc(C)c1-n1nc2c(c1-c1cc(F)c(NC(N)=O)cc1F)CN(c1ccc(OC(F)(F)F)cc1F)CC2. The first-order valence-corrected chi connectivity index (χ1v) is 12.4. The van der Waals surface area contributed by atoms with Gasteiger partial charge in [0.05, 0.1) is 28.5 Å². The summed E-state index contributed by atoms with van der Waals surface area (Å²) in [5.74, 6) is -3.47. The number of ether oxygens (including phenoxy) is 1. The molecule has 2 heterocycles. The number of anilines is 2. The molecular weight excluding hydrogens is 552 g/mol. The van der Waals surface area contributed by atoms with Crippen molar-refractivity contribution >= 4 is 17.4 Å². The third kappa shape index (κ3) is 5.52. The molecule has 2 amide bonds. The van der Waals surface area contributed by atoms with E-state index in [1.807, 2.05) is 37.4 Å². The summed E-state index contributed by atoms with van der Waals surface area (Å²) in [5, 5.41) is 6.78. The van der Waals surface area contributed by atoms with E-state index in [0.717, 1.165) is 29.3 Å². The normalized spacial score (nSPS) is 13.2. The molecule has 0 aliphatic carbocycles. The number of nitrogens with two attached hydrogens (primary N) is 1.